The summed E-state index contributed by atoms with van der Waals surface area (Å²) in [6.45, 7) is 2.70. The van der Waals surface area contributed by atoms with Gasteiger partial charge in [-0.2, -0.15) is 0 Å². The number of nitrogens with two attached hydrogens (primary N) is 1. The summed E-state index contributed by atoms with van der Waals surface area (Å²) >= 11 is 0. The van der Waals surface area contributed by atoms with Crippen LogP contribution in [0.4, 0.5) is 5.69 Å². The largest absolute Gasteiger partial charge is 0.482 e. The lowest BCUT2D eigenvalue weighted by atomic mass is 10.0. The van der Waals surface area contributed by atoms with Gasteiger partial charge in [-0.05, 0) is 30.7 Å². The first kappa shape index (κ1) is 23.3. The molecule has 0 bridgehead atoms. The third-order valence-electron chi connectivity index (χ3n) is 4.75. The Hall–Kier alpha value is -1.71. The highest BCUT2D eigenvalue weighted by atomic mass is 16.6. The molecule has 0 fully saturated rings. The maximum absolute atomic E-state index is 11.6. The van der Waals surface area contributed by atoms with Crippen molar-refractivity contribution in [3.63, 3.8) is 0 Å². The van der Waals surface area contributed by atoms with Crippen molar-refractivity contribution in [1.29, 1.82) is 0 Å². The molecule has 1 rings (SSSR count). The molecule has 154 valence electrons. The monoisotopic (exact) mass is 377 g/mol. The number of esters is 1. The molecule has 0 atom stereocenters. The van der Waals surface area contributed by atoms with E-state index in [0.717, 1.165) is 12.8 Å². The Kier molecular flexibility index (Phi) is 14.2. The second-order valence-electron chi connectivity index (χ2n) is 7.32. The molecule has 4 heteroatoms. The zero-order chi connectivity index (χ0) is 19.6. The van der Waals surface area contributed by atoms with Gasteiger partial charge in [-0.1, -0.05) is 84.0 Å². The van der Waals surface area contributed by atoms with Gasteiger partial charge in [0.1, 0.15) is 5.75 Å². The summed E-state index contributed by atoms with van der Waals surface area (Å²) in [4.78, 5) is 11.6. The van der Waals surface area contributed by atoms with E-state index in [1.54, 1.807) is 24.3 Å². The van der Waals surface area contributed by atoms with Crippen LogP contribution in [0.1, 0.15) is 90.4 Å². The second-order valence-corrected chi connectivity index (χ2v) is 7.32. The standard InChI is InChI=1S/C23H39NO3/c1-2-3-4-5-6-7-8-9-10-11-12-13-14-19-26-23(25)20-27-22-17-15-21(24)16-18-22/h15-18H,2-14,19-20,24H2,1H3. The zero-order valence-corrected chi connectivity index (χ0v) is 17.2. The van der Waals surface area contributed by atoms with Gasteiger partial charge in [0.25, 0.3) is 0 Å². The van der Waals surface area contributed by atoms with E-state index in [1.165, 1.54) is 70.6 Å². The lowest BCUT2D eigenvalue weighted by Crippen LogP contribution is -2.15. The average Bonchev–Trinajstić information content (AvgIpc) is 2.68. The van der Waals surface area contributed by atoms with E-state index in [2.05, 4.69) is 6.92 Å². The van der Waals surface area contributed by atoms with E-state index >= 15 is 0 Å². The quantitative estimate of drug-likeness (QED) is 0.197. The Balaban J connectivity index is 1.81. The van der Waals surface area contributed by atoms with Crippen molar-refractivity contribution in [3.05, 3.63) is 24.3 Å². The first-order valence-corrected chi connectivity index (χ1v) is 10.9. The molecule has 0 saturated heterocycles. The predicted octanol–water partition coefficient (Wildman–Crippen LogP) is 6.28. The molecule has 0 unspecified atom stereocenters. The van der Waals surface area contributed by atoms with Crippen molar-refractivity contribution >= 4 is 11.7 Å². The summed E-state index contributed by atoms with van der Waals surface area (Å²) in [5.74, 6) is 0.313. The van der Waals surface area contributed by atoms with Crippen LogP contribution in [0.3, 0.4) is 0 Å². The van der Waals surface area contributed by atoms with Gasteiger partial charge in [-0.15, -0.1) is 0 Å². The van der Waals surface area contributed by atoms with Crippen LogP contribution in [0, 0.1) is 0 Å². The normalized spacial score (nSPS) is 10.7. The Bertz CT molecular complexity index is 473. The molecule has 0 aliphatic carbocycles. The molecule has 27 heavy (non-hydrogen) atoms. The predicted molar refractivity (Wildman–Crippen MR) is 113 cm³/mol. The number of rotatable bonds is 17. The molecule has 0 aliphatic heterocycles. The van der Waals surface area contributed by atoms with E-state index in [0.29, 0.717) is 18.0 Å². The van der Waals surface area contributed by atoms with Crippen molar-refractivity contribution in [2.24, 2.45) is 0 Å². The van der Waals surface area contributed by atoms with Gasteiger partial charge in [0, 0.05) is 5.69 Å². The zero-order valence-electron chi connectivity index (χ0n) is 17.2. The number of anilines is 1. The molecule has 0 aromatic heterocycles. The van der Waals surface area contributed by atoms with Gasteiger partial charge in [-0.3, -0.25) is 0 Å². The van der Waals surface area contributed by atoms with Crippen LogP contribution >= 0.6 is 0 Å². The third-order valence-corrected chi connectivity index (χ3v) is 4.75. The lowest BCUT2D eigenvalue weighted by molar-refractivity contribution is -0.146. The third kappa shape index (κ3) is 14.1. The fraction of sp³-hybridized carbons (Fsp3) is 0.696. The second kappa shape index (κ2) is 16.5. The maximum atomic E-state index is 11.6. The van der Waals surface area contributed by atoms with Gasteiger partial charge in [0.05, 0.1) is 6.61 Å². The SMILES string of the molecule is CCCCCCCCCCCCCCCOC(=O)COc1ccc(N)cc1. The van der Waals surface area contributed by atoms with Crippen molar-refractivity contribution < 1.29 is 14.3 Å². The van der Waals surface area contributed by atoms with Crippen LogP contribution in [-0.4, -0.2) is 19.2 Å². The number of hydrogen-bond acceptors (Lipinski definition) is 4. The maximum Gasteiger partial charge on any atom is 0.344 e. The molecule has 0 spiro atoms. The summed E-state index contributed by atoms with van der Waals surface area (Å²) in [5, 5.41) is 0. The van der Waals surface area contributed by atoms with E-state index in [1.807, 2.05) is 0 Å². The number of hydrogen-bond donors (Lipinski definition) is 1. The minimum absolute atomic E-state index is 0.0532. The fourth-order valence-electron chi connectivity index (χ4n) is 3.05. The minimum Gasteiger partial charge on any atom is -0.482 e. The molecule has 0 radical (unpaired) electrons. The molecule has 1 aromatic carbocycles. The first-order chi connectivity index (χ1) is 13.2. The van der Waals surface area contributed by atoms with Gasteiger partial charge in [0.15, 0.2) is 6.61 Å². The number of ether oxygens (including phenoxy) is 2. The number of benzene rings is 1. The van der Waals surface area contributed by atoms with E-state index in [-0.39, 0.29) is 12.6 Å². The Morgan fingerprint density at radius 1 is 0.778 bits per heavy atom. The highest BCUT2D eigenvalue weighted by molar-refractivity contribution is 5.71. The first-order valence-electron chi connectivity index (χ1n) is 10.9. The van der Waals surface area contributed by atoms with Gasteiger partial charge in [-0.25, -0.2) is 4.79 Å². The topological polar surface area (TPSA) is 61.5 Å². The molecule has 2 N–H and O–H groups in total. The van der Waals surface area contributed by atoms with E-state index in [4.69, 9.17) is 15.2 Å². The van der Waals surface area contributed by atoms with Crippen molar-refractivity contribution in [3.8, 4) is 5.75 Å². The van der Waals surface area contributed by atoms with E-state index < -0.39 is 0 Å². The number of carbonyl (C=O) groups excluding carboxylic acids is 1. The Morgan fingerprint density at radius 2 is 1.26 bits per heavy atom. The van der Waals surface area contributed by atoms with Gasteiger partial charge in [0.2, 0.25) is 0 Å². The van der Waals surface area contributed by atoms with Crippen molar-refractivity contribution in [2.45, 2.75) is 90.4 Å². The molecule has 0 saturated carbocycles. The number of nitrogen functional groups attached to an aromatic ring is 1. The summed E-state index contributed by atoms with van der Waals surface area (Å²) in [7, 11) is 0. The molecular weight excluding hydrogens is 338 g/mol. The molecule has 0 aliphatic rings. The summed E-state index contributed by atoms with van der Waals surface area (Å²) in [6.07, 6.45) is 17.0. The summed E-state index contributed by atoms with van der Waals surface area (Å²) < 4.78 is 10.6. The van der Waals surface area contributed by atoms with Crippen LogP contribution in [0.5, 0.6) is 5.75 Å². The highest BCUT2D eigenvalue weighted by Gasteiger charge is 2.04. The summed E-state index contributed by atoms with van der Waals surface area (Å²) in [5.41, 5.74) is 6.28. The minimum atomic E-state index is -0.314. The number of carbonyl (C=O) groups is 1. The van der Waals surface area contributed by atoms with Crippen molar-refractivity contribution in [2.75, 3.05) is 18.9 Å². The average molecular weight is 378 g/mol. The van der Waals surface area contributed by atoms with E-state index in [9.17, 15) is 4.79 Å². The van der Waals surface area contributed by atoms with Gasteiger partial charge >= 0.3 is 5.97 Å². The van der Waals surface area contributed by atoms with Crippen LogP contribution in [-0.2, 0) is 9.53 Å². The highest BCUT2D eigenvalue weighted by Crippen LogP contribution is 2.14. The number of unbranched alkanes of at least 4 members (excludes halogenated alkanes) is 12. The van der Waals surface area contributed by atoms with Crippen LogP contribution in [0.15, 0.2) is 24.3 Å². The fourth-order valence-corrected chi connectivity index (χ4v) is 3.05. The Morgan fingerprint density at radius 3 is 1.78 bits per heavy atom. The van der Waals surface area contributed by atoms with Crippen molar-refractivity contribution in [1.82, 2.24) is 0 Å². The summed E-state index contributed by atoms with van der Waals surface area (Å²) in [6, 6.07) is 6.98. The molecule has 1 aromatic rings. The molecular formula is C23H39NO3. The smallest absolute Gasteiger partial charge is 0.344 e. The van der Waals surface area contributed by atoms with Gasteiger partial charge < -0.3 is 15.2 Å². The van der Waals surface area contributed by atoms with Crippen LogP contribution in [0.2, 0.25) is 0 Å². The molecule has 0 amide bonds. The Labute approximate surface area is 165 Å². The lowest BCUT2D eigenvalue weighted by Gasteiger charge is -2.07. The van der Waals surface area contributed by atoms with Crippen LogP contribution in [0.25, 0.3) is 0 Å². The molecule has 4 nitrogen and oxygen atoms in total. The van der Waals surface area contributed by atoms with Crippen LogP contribution < -0.4 is 10.5 Å². The molecule has 0 heterocycles.